The third-order valence-electron chi connectivity index (χ3n) is 1.50. The van der Waals surface area contributed by atoms with Crippen LogP contribution in [0.1, 0.15) is 6.42 Å². The summed E-state index contributed by atoms with van der Waals surface area (Å²) in [4.78, 5) is 10.4. The van der Waals surface area contributed by atoms with E-state index in [0.29, 0.717) is 0 Å². The normalized spacial score (nSPS) is 30.5. The van der Waals surface area contributed by atoms with Gasteiger partial charge in [-0.15, -0.1) is 0 Å². The lowest BCUT2D eigenvalue weighted by Crippen LogP contribution is -2.53. The maximum Gasteiger partial charge on any atom is 0.310 e. The van der Waals surface area contributed by atoms with Gasteiger partial charge >= 0.3 is 5.97 Å². The molecule has 64 valence electrons. The minimum Gasteiger partial charge on any atom is -0.453 e. The molecule has 0 aliphatic carbocycles. The molecule has 0 radical (unpaired) electrons. The van der Waals surface area contributed by atoms with Gasteiger partial charge in [0.25, 0.3) is 0 Å². The molecule has 3 atom stereocenters. The zero-order chi connectivity index (χ0) is 8.32. The summed E-state index contributed by atoms with van der Waals surface area (Å²) in [5.74, 6) is -0.269. The van der Waals surface area contributed by atoms with Gasteiger partial charge in [-0.2, -0.15) is 0 Å². The molecule has 0 saturated carbocycles. The Morgan fingerprint density at radius 1 is 1.91 bits per heavy atom. The van der Waals surface area contributed by atoms with Crippen molar-refractivity contribution in [3.8, 4) is 0 Å². The summed E-state index contributed by atoms with van der Waals surface area (Å²) in [5, 5.41) is 8.82. The summed E-state index contributed by atoms with van der Waals surface area (Å²) < 4.78 is 9.79. The van der Waals surface area contributed by atoms with Gasteiger partial charge in [-0.1, -0.05) is 8.93 Å². The van der Waals surface area contributed by atoms with Crippen molar-refractivity contribution in [1.29, 1.82) is 0 Å². The largest absolute Gasteiger partial charge is 0.453 e. The van der Waals surface area contributed by atoms with Crippen molar-refractivity contribution in [2.75, 3.05) is 13.2 Å². The van der Waals surface area contributed by atoms with Crippen LogP contribution < -0.4 is 0 Å². The van der Waals surface area contributed by atoms with Crippen LogP contribution in [0.25, 0.3) is 0 Å². The minimum atomic E-state index is -0.735. The lowest BCUT2D eigenvalue weighted by Gasteiger charge is -2.38. The Kier molecular flexibility index (Phi) is 3.20. The smallest absolute Gasteiger partial charge is 0.310 e. The molecule has 1 N–H and O–H groups in total. The number of carbonyl (C=O) groups is 1. The molecule has 11 heavy (non-hydrogen) atoms. The molecule has 0 spiro atoms. The number of carbonyl (C=O) groups excluding carboxylic acids is 1. The molecule has 0 amide bonds. The first kappa shape index (κ1) is 9.34. The van der Waals surface area contributed by atoms with Crippen molar-refractivity contribution in [2.45, 2.75) is 12.0 Å². The van der Waals surface area contributed by atoms with E-state index in [1.807, 2.05) is 0 Å². The van der Waals surface area contributed by atoms with Crippen LogP contribution in [0.2, 0.25) is 0 Å². The van der Waals surface area contributed by atoms with Gasteiger partial charge < -0.3 is 14.4 Å². The second-order valence-electron chi connectivity index (χ2n) is 2.40. The van der Waals surface area contributed by atoms with Crippen molar-refractivity contribution in [2.24, 2.45) is 0 Å². The molecule has 1 saturated heterocycles. The van der Waals surface area contributed by atoms with Crippen LogP contribution in [-0.4, -0.2) is 29.9 Å². The first-order valence-electron chi connectivity index (χ1n) is 3.12. The molecule has 0 aromatic carbocycles. The van der Waals surface area contributed by atoms with E-state index in [1.54, 1.807) is 0 Å². The van der Waals surface area contributed by atoms with Crippen molar-refractivity contribution in [3.63, 3.8) is 0 Å². The lowest BCUT2D eigenvalue weighted by atomic mass is 9.97. The highest BCUT2D eigenvalue weighted by molar-refractivity contribution is 8.00. The molecule has 1 aliphatic rings. The van der Waals surface area contributed by atoms with Crippen LogP contribution in [0.4, 0.5) is 0 Å². The number of esters is 1. The van der Waals surface area contributed by atoms with E-state index in [9.17, 15) is 4.79 Å². The first-order valence-corrected chi connectivity index (χ1v) is 5.84. The molecule has 4 nitrogen and oxygen atoms in total. The Morgan fingerprint density at radius 2 is 2.55 bits per heavy atom. The second-order valence-corrected chi connectivity index (χ2v) is 3.63. The Hall–Kier alpha value is 0.250. The molecular formula is C5H10O4P2. The van der Waals surface area contributed by atoms with Crippen LogP contribution in [0.3, 0.4) is 0 Å². The predicted octanol–water partition coefficient (Wildman–Crippen LogP) is 0.0646. The fourth-order valence-corrected chi connectivity index (χ4v) is 1.48. The fourth-order valence-electron chi connectivity index (χ4n) is 0.884. The molecule has 1 heterocycles. The quantitative estimate of drug-likeness (QED) is 0.510. The van der Waals surface area contributed by atoms with Crippen molar-refractivity contribution < 1.29 is 19.2 Å². The van der Waals surface area contributed by atoms with Crippen LogP contribution in [0.15, 0.2) is 0 Å². The van der Waals surface area contributed by atoms with Gasteiger partial charge in [-0.25, -0.2) is 0 Å². The first-order chi connectivity index (χ1) is 5.22. The van der Waals surface area contributed by atoms with Crippen molar-refractivity contribution in [3.05, 3.63) is 0 Å². The van der Waals surface area contributed by atoms with Crippen molar-refractivity contribution in [1.82, 2.24) is 0 Å². The number of hydrogen-bond acceptors (Lipinski definition) is 4. The fraction of sp³-hybridized carbons (Fsp3) is 0.800. The topological polar surface area (TPSA) is 55.8 Å². The SMILES string of the molecule is O=C1CC(CO)(COPP)O1. The summed E-state index contributed by atoms with van der Waals surface area (Å²) in [5.41, 5.74) is -0.735. The van der Waals surface area contributed by atoms with Gasteiger partial charge in [-0.3, -0.25) is 4.79 Å². The van der Waals surface area contributed by atoms with Crippen LogP contribution in [0, 0.1) is 0 Å². The molecule has 0 aromatic rings. The number of rotatable bonds is 4. The Bertz CT molecular complexity index is 153. The molecule has 1 fully saturated rings. The average molecular weight is 196 g/mol. The number of aliphatic hydroxyl groups excluding tert-OH is 1. The molecule has 0 bridgehead atoms. The third-order valence-corrected chi connectivity index (χ3v) is 2.31. The van der Waals surface area contributed by atoms with Crippen LogP contribution in [0.5, 0.6) is 0 Å². The van der Waals surface area contributed by atoms with Crippen molar-refractivity contribution >= 4 is 23.4 Å². The highest BCUT2D eigenvalue weighted by Crippen LogP contribution is 2.31. The van der Waals surface area contributed by atoms with Gasteiger partial charge in [0, 0.05) is 8.50 Å². The Balaban J connectivity index is 2.31. The molecule has 1 rings (SSSR count). The van der Waals surface area contributed by atoms with E-state index in [4.69, 9.17) is 14.4 Å². The van der Waals surface area contributed by atoms with Gasteiger partial charge in [0.2, 0.25) is 0 Å². The van der Waals surface area contributed by atoms with Gasteiger partial charge in [-0.05, 0) is 0 Å². The maximum absolute atomic E-state index is 10.4. The minimum absolute atomic E-state index is 0.159. The van der Waals surface area contributed by atoms with E-state index in [1.165, 1.54) is 0 Å². The molecular weight excluding hydrogens is 186 g/mol. The monoisotopic (exact) mass is 196 g/mol. The van der Waals surface area contributed by atoms with E-state index in [2.05, 4.69) is 8.93 Å². The number of cyclic esters (lactones) is 1. The summed E-state index contributed by atoms with van der Waals surface area (Å²) in [6.45, 7) is 0.130. The van der Waals surface area contributed by atoms with E-state index >= 15 is 0 Å². The van der Waals surface area contributed by atoms with Crippen LogP contribution >= 0.6 is 17.4 Å². The number of ether oxygens (including phenoxy) is 1. The second kappa shape index (κ2) is 3.77. The van der Waals surface area contributed by atoms with E-state index in [-0.39, 0.29) is 34.1 Å². The molecule has 6 heteroatoms. The zero-order valence-corrected chi connectivity index (χ0v) is 8.03. The van der Waals surface area contributed by atoms with E-state index in [0.717, 1.165) is 0 Å². The molecule has 1 aliphatic heterocycles. The number of hydrogen-bond donors (Lipinski definition) is 1. The molecule has 3 unspecified atom stereocenters. The average Bonchev–Trinajstić information content (AvgIpc) is 1.96. The maximum atomic E-state index is 10.4. The highest BCUT2D eigenvalue weighted by atomic mass is 32.0. The van der Waals surface area contributed by atoms with Crippen LogP contribution in [-0.2, 0) is 14.1 Å². The zero-order valence-electron chi connectivity index (χ0n) is 5.87. The van der Waals surface area contributed by atoms with Gasteiger partial charge in [0.05, 0.1) is 19.6 Å². The lowest BCUT2D eigenvalue weighted by molar-refractivity contribution is -0.204. The summed E-state index contributed by atoms with van der Waals surface area (Å²) in [6, 6.07) is 0. The standard InChI is InChI=1S/C5H10O4P2/c6-2-5(3-8-11-10)1-4(7)9-5/h6,11H,1-3,10H2. The Labute approximate surface area is 68.6 Å². The Morgan fingerprint density at radius 3 is 2.91 bits per heavy atom. The van der Waals surface area contributed by atoms with Gasteiger partial charge in [0.15, 0.2) is 5.60 Å². The summed E-state index contributed by atoms with van der Waals surface area (Å²) in [6.07, 6.45) is 0.263. The van der Waals surface area contributed by atoms with Gasteiger partial charge in [0.1, 0.15) is 0 Å². The summed E-state index contributed by atoms with van der Waals surface area (Å²) >= 11 is 0. The predicted molar refractivity (Wildman–Crippen MR) is 44.5 cm³/mol. The summed E-state index contributed by atoms with van der Waals surface area (Å²) in [7, 11) is 2.69. The third kappa shape index (κ3) is 2.09. The molecule has 0 aromatic heterocycles. The van der Waals surface area contributed by atoms with E-state index < -0.39 is 5.60 Å². The number of aliphatic hydroxyl groups is 1. The highest BCUT2D eigenvalue weighted by Gasteiger charge is 2.45.